The van der Waals surface area contributed by atoms with E-state index >= 15 is 0 Å². The number of amides is 1. The van der Waals surface area contributed by atoms with Crippen LogP contribution in [0.4, 0.5) is 0 Å². The van der Waals surface area contributed by atoms with Gasteiger partial charge in [0.1, 0.15) is 0 Å². The fourth-order valence-corrected chi connectivity index (χ4v) is 1.36. The average Bonchev–Trinajstić information content (AvgIpc) is 2.22. The van der Waals surface area contributed by atoms with Gasteiger partial charge in [-0.05, 0) is 31.2 Å². The summed E-state index contributed by atoms with van der Waals surface area (Å²) in [7, 11) is 0. The Morgan fingerprint density at radius 1 is 1.47 bits per heavy atom. The highest BCUT2D eigenvalue weighted by Gasteiger charge is 2.19. The molecule has 0 spiro atoms. The van der Waals surface area contributed by atoms with E-state index in [1.807, 2.05) is 13.8 Å². The summed E-state index contributed by atoms with van der Waals surface area (Å²) in [6, 6.07) is 0. The van der Waals surface area contributed by atoms with Gasteiger partial charge in [-0.15, -0.1) is 0 Å². The predicted molar refractivity (Wildman–Crippen MR) is 64.5 cm³/mol. The zero-order valence-corrected chi connectivity index (χ0v) is 10.6. The number of hydrogen-bond acceptors (Lipinski definition) is 2. The van der Waals surface area contributed by atoms with Gasteiger partial charge in [0, 0.05) is 12.5 Å². The zero-order valence-electron chi connectivity index (χ0n) is 10.6. The van der Waals surface area contributed by atoms with Crippen LogP contribution in [0, 0.1) is 11.3 Å². The van der Waals surface area contributed by atoms with Gasteiger partial charge in [-0.3, -0.25) is 4.79 Å². The van der Waals surface area contributed by atoms with E-state index in [0.717, 1.165) is 32.4 Å². The predicted octanol–water partition coefficient (Wildman–Crippen LogP) is 1.91. The summed E-state index contributed by atoms with van der Waals surface area (Å²) in [5, 5.41) is 3.00. The van der Waals surface area contributed by atoms with Crippen LogP contribution in [-0.4, -0.2) is 19.0 Å². The molecule has 3 heteroatoms. The molecular formula is C12H26N2O. The van der Waals surface area contributed by atoms with Crippen molar-refractivity contribution in [1.82, 2.24) is 5.32 Å². The Labute approximate surface area is 93.8 Å². The Bertz CT molecular complexity index is 190. The third-order valence-corrected chi connectivity index (χ3v) is 2.86. The number of rotatable bonds is 7. The van der Waals surface area contributed by atoms with Gasteiger partial charge in [0.2, 0.25) is 5.91 Å². The summed E-state index contributed by atoms with van der Waals surface area (Å²) in [5.74, 6) is 0.286. The topological polar surface area (TPSA) is 55.1 Å². The van der Waals surface area contributed by atoms with Crippen molar-refractivity contribution in [2.75, 3.05) is 13.1 Å². The van der Waals surface area contributed by atoms with Crippen molar-refractivity contribution in [3.63, 3.8) is 0 Å². The molecule has 1 amide bonds. The fourth-order valence-electron chi connectivity index (χ4n) is 1.36. The van der Waals surface area contributed by atoms with Crippen LogP contribution in [0.5, 0.6) is 0 Å². The van der Waals surface area contributed by atoms with Gasteiger partial charge in [0.15, 0.2) is 0 Å². The number of nitrogens with two attached hydrogens (primary N) is 1. The Hall–Kier alpha value is -0.570. The Kier molecular flexibility index (Phi) is 6.57. The highest BCUT2D eigenvalue weighted by molar-refractivity contribution is 5.78. The van der Waals surface area contributed by atoms with Gasteiger partial charge in [0.25, 0.3) is 0 Å². The molecule has 0 saturated heterocycles. The highest BCUT2D eigenvalue weighted by atomic mass is 16.1. The molecule has 0 aromatic heterocycles. The van der Waals surface area contributed by atoms with Crippen molar-refractivity contribution in [2.45, 2.75) is 47.0 Å². The van der Waals surface area contributed by atoms with E-state index in [9.17, 15) is 4.79 Å². The van der Waals surface area contributed by atoms with Crippen LogP contribution >= 0.6 is 0 Å². The summed E-state index contributed by atoms with van der Waals surface area (Å²) in [5.41, 5.74) is 5.63. The number of carbonyl (C=O) groups is 1. The molecule has 0 bridgehead atoms. The van der Waals surface area contributed by atoms with Gasteiger partial charge in [-0.1, -0.05) is 27.7 Å². The molecule has 0 rings (SSSR count). The van der Waals surface area contributed by atoms with Gasteiger partial charge in [0.05, 0.1) is 0 Å². The van der Waals surface area contributed by atoms with E-state index in [1.54, 1.807) is 0 Å². The van der Waals surface area contributed by atoms with E-state index in [1.165, 1.54) is 0 Å². The molecule has 1 atom stereocenters. The second-order valence-corrected chi connectivity index (χ2v) is 5.08. The first-order chi connectivity index (χ1) is 6.93. The Balaban J connectivity index is 3.86. The molecule has 0 aliphatic heterocycles. The maximum absolute atomic E-state index is 11.6. The quantitative estimate of drug-likeness (QED) is 0.680. The lowest BCUT2D eigenvalue weighted by molar-refractivity contribution is -0.125. The van der Waals surface area contributed by atoms with Crippen molar-refractivity contribution in [3.8, 4) is 0 Å². The lowest BCUT2D eigenvalue weighted by Crippen LogP contribution is -2.37. The van der Waals surface area contributed by atoms with Crippen LogP contribution < -0.4 is 11.1 Å². The smallest absolute Gasteiger partial charge is 0.222 e. The SMILES string of the molecule is CCC(C)C(=O)NCC(C)(C)CCCN. The monoisotopic (exact) mass is 214 g/mol. The Morgan fingerprint density at radius 3 is 2.53 bits per heavy atom. The van der Waals surface area contributed by atoms with Gasteiger partial charge >= 0.3 is 0 Å². The molecule has 0 aliphatic rings. The molecule has 0 aromatic carbocycles. The number of carbonyl (C=O) groups excluding carboxylic acids is 1. The van der Waals surface area contributed by atoms with Crippen LogP contribution in [0.1, 0.15) is 47.0 Å². The molecule has 0 saturated carbocycles. The molecule has 0 fully saturated rings. The van der Waals surface area contributed by atoms with E-state index in [-0.39, 0.29) is 17.2 Å². The molecule has 0 aliphatic carbocycles. The Morgan fingerprint density at radius 2 is 2.07 bits per heavy atom. The summed E-state index contributed by atoms with van der Waals surface area (Å²) in [4.78, 5) is 11.6. The summed E-state index contributed by atoms with van der Waals surface area (Å²) in [6.45, 7) is 9.80. The molecule has 0 heterocycles. The maximum atomic E-state index is 11.6. The van der Waals surface area contributed by atoms with E-state index in [0.29, 0.717) is 0 Å². The summed E-state index contributed by atoms with van der Waals surface area (Å²) in [6.07, 6.45) is 2.98. The van der Waals surface area contributed by atoms with E-state index < -0.39 is 0 Å². The summed E-state index contributed by atoms with van der Waals surface area (Å²) < 4.78 is 0. The molecule has 3 N–H and O–H groups in total. The van der Waals surface area contributed by atoms with Crippen molar-refractivity contribution >= 4 is 5.91 Å². The van der Waals surface area contributed by atoms with Crippen LogP contribution in [-0.2, 0) is 4.79 Å². The van der Waals surface area contributed by atoms with E-state index in [2.05, 4.69) is 19.2 Å². The average molecular weight is 214 g/mol. The van der Waals surface area contributed by atoms with Crippen molar-refractivity contribution in [3.05, 3.63) is 0 Å². The van der Waals surface area contributed by atoms with Crippen molar-refractivity contribution in [1.29, 1.82) is 0 Å². The minimum absolute atomic E-state index is 0.121. The number of nitrogens with one attached hydrogen (secondary N) is 1. The third-order valence-electron chi connectivity index (χ3n) is 2.86. The van der Waals surface area contributed by atoms with Gasteiger partial charge in [-0.25, -0.2) is 0 Å². The molecule has 0 aromatic rings. The first kappa shape index (κ1) is 14.4. The third kappa shape index (κ3) is 6.50. The summed E-state index contributed by atoms with van der Waals surface area (Å²) >= 11 is 0. The van der Waals surface area contributed by atoms with Crippen molar-refractivity contribution < 1.29 is 4.79 Å². The van der Waals surface area contributed by atoms with Crippen LogP contribution in [0.2, 0.25) is 0 Å². The largest absolute Gasteiger partial charge is 0.355 e. The van der Waals surface area contributed by atoms with Gasteiger partial charge < -0.3 is 11.1 Å². The van der Waals surface area contributed by atoms with E-state index in [4.69, 9.17) is 5.73 Å². The zero-order chi connectivity index (χ0) is 11.9. The standard InChI is InChI=1S/C12H26N2O/c1-5-10(2)11(15)14-9-12(3,4)7-6-8-13/h10H,5-9,13H2,1-4H3,(H,14,15). The van der Waals surface area contributed by atoms with Crippen molar-refractivity contribution in [2.24, 2.45) is 17.1 Å². The molecule has 90 valence electrons. The molecule has 1 unspecified atom stereocenters. The minimum Gasteiger partial charge on any atom is -0.355 e. The molecule has 3 nitrogen and oxygen atoms in total. The van der Waals surface area contributed by atoms with Crippen LogP contribution in [0.3, 0.4) is 0 Å². The minimum atomic E-state index is 0.121. The highest BCUT2D eigenvalue weighted by Crippen LogP contribution is 2.20. The number of hydrogen-bond donors (Lipinski definition) is 2. The molecule has 15 heavy (non-hydrogen) atoms. The maximum Gasteiger partial charge on any atom is 0.222 e. The van der Waals surface area contributed by atoms with Crippen LogP contribution in [0.15, 0.2) is 0 Å². The second-order valence-electron chi connectivity index (χ2n) is 5.08. The fraction of sp³-hybridized carbons (Fsp3) is 0.917. The lowest BCUT2D eigenvalue weighted by Gasteiger charge is -2.25. The molecular weight excluding hydrogens is 188 g/mol. The lowest BCUT2D eigenvalue weighted by atomic mass is 9.87. The second kappa shape index (κ2) is 6.83. The molecule has 0 radical (unpaired) electrons. The van der Waals surface area contributed by atoms with Gasteiger partial charge in [-0.2, -0.15) is 0 Å². The van der Waals surface area contributed by atoms with Crippen LogP contribution in [0.25, 0.3) is 0 Å². The first-order valence-electron chi connectivity index (χ1n) is 5.90. The normalized spacial score (nSPS) is 13.7. The first-order valence-corrected chi connectivity index (χ1v) is 5.90.